The number of hydrogen-bond donors (Lipinski definition) is 3. The van der Waals surface area contributed by atoms with Gasteiger partial charge in [0, 0.05) is 24.9 Å². The van der Waals surface area contributed by atoms with Crippen LogP contribution in [0.15, 0.2) is 54.6 Å². The molecular weight excluding hydrogens is 330 g/mol. The van der Waals surface area contributed by atoms with Crippen molar-refractivity contribution >= 4 is 17.5 Å². The fourth-order valence-corrected chi connectivity index (χ4v) is 2.39. The zero-order valence-electron chi connectivity index (χ0n) is 15.0. The van der Waals surface area contributed by atoms with Crippen LogP contribution in [0.3, 0.4) is 0 Å². The molecule has 2 rings (SSSR count). The maximum absolute atomic E-state index is 12.0. The van der Waals surface area contributed by atoms with E-state index in [-0.39, 0.29) is 18.4 Å². The highest BCUT2D eigenvalue weighted by atomic mass is 16.5. The van der Waals surface area contributed by atoms with Crippen molar-refractivity contribution in [1.29, 1.82) is 0 Å². The second-order valence-corrected chi connectivity index (χ2v) is 5.79. The largest absolute Gasteiger partial charge is 0.383 e. The van der Waals surface area contributed by atoms with Crippen molar-refractivity contribution in [1.82, 2.24) is 10.6 Å². The molecule has 0 saturated carbocycles. The molecule has 26 heavy (non-hydrogen) atoms. The van der Waals surface area contributed by atoms with Gasteiger partial charge in [-0.3, -0.25) is 9.59 Å². The lowest BCUT2D eigenvalue weighted by Crippen LogP contribution is -2.30. The van der Waals surface area contributed by atoms with Gasteiger partial charge in [0.25, 0.3) is 5.91 Å². The number of carbonyl (C=O) groups excluding carboxylic acids is 2. The standard InChI is InChI=1S/C20H25N3O3/c1-26-13-12-22-20(25)17-8-5-9-18(14-17)23-19(24)15-21-11-10-16-6-3-2-4-7-16/h2-9,14,21H,10-13,15H2,1H3,(H,22,25)(H,23,24). The molecule has 6 heteroatoms. The Morgan fingerprint density at radius 1 is 1.00 bits per heavy atom. The van der Waals surface area contributed by atoms with E-state index in [2.05, 4.69) is 28.1 Å². The molecular formula is C20H25N3O3. The molecule has 0 aliphatic carbocycles. The van der Waals surface area contributed by atoms with Gasteiger partial charge in [-0.15, -0.1) is 0 Å². The molecule has 0 bridgehead atoms. The van der Waals surface area contributed by atoms with Gasteiger partial charge in [0.15, 0.2) is 0 Å². The average molecular weight is 355 g/mol. The summed E-state index contributed by atoms with van der Waals surface area (Å²) in [5.74, 6) is -0.339. The first-order valence-electron chi connectivity index (χ1n) is 8.60. The first kappa shape index (κ1) is 19.6. The minimum atomic E-state index is -0.195. The Hall–Kier alpha value is -2.70. The lowest BCUT2D eigenvalue weighted by Gasteiger charge is -2.09. The van der Waals surface area contributed by atoms with Gasteiger partial charge < -0.3 is 20.7 Å². The smallest absolute Gasteiger partial charge is 0.251 e. The number of amides is 2. The molecule has 0 aromatic heterocycles. The van der Waals surface area contributed by atoms with E-state index in [9.17, 15) is 9.59 Å². The van der Waals surface area contributed by atoms with Crippen LogP contribution in [0.2, 0.25) is 0 Å². The monoisotopic (exact) mass is 355 g/mol. The summed E-state index contributed by atoms with van der Waals surface area (Å²) in [5, 5.41) is 8.67. The summed E-state index contributed by atoms with van der Waals surface area (Å²) in [6, 6.07) is 17.0. The minimum absolute atomic E-state index is 0.144. The summed E-state index contributed by atoms with van der Waals surface area (Å²) in [5.41, 5.74) is 2.32. The molecule has 3 N–H and O–H groups in total. The van der Waals surface area contributed by atoms with Crippen LogP contribution in [0.4, 0.5) is 5.69 Å². The number of hydrogen-bond acceptors (Lipinski definition) is 4. The highest BCUT2D eigenvalue weighted by Gasteiger charge is 2.07. The Labute approximate surface area is 153 Å². The average Bonchev–Trinajstić information content (AvgIpc) is 2.66. The van der Waals surface area contributed by atoms with Gasteiger partial charge in [0.1, 0.15) is 0 Å². The topological polar surface area (TPSA) is 79.5 Å². The summed E-state index contributed by atoms with van der Waals surface area (Å²) in [4.78, 5) is 24.0. The van der Waals surface area contributed by atoms with Crippen LogP contribution in [0.25, 0.3) is 0 Å². The first-order valence-corrected chi connectivity index (χ1v) is 8.60. The number of ether oxygens (including phenoxy) is 1. The summed E-state index contributed by atoms with van der Waals surface area (Å²) < 4.78 is 4.90. The molecule has 0 spiro atoms. The SMILES string of the molecule is COCCNC(=O)c1cccc(NC(=O)CNCCc2ccccc2)c1. The molecule has 0 atom stereocenters. The molecule has 0 fully saturated rings. The first-order chi connectivity index (χ1) is 12.7. The Morgan fingerprint density at radius 2 is 1.81 bits per heavy atom. The molecule has 2 aromatic rings. The molecule has 0 aliphatic heterocycles. The van der Waals surface area contributed by atoms with E-state index >= 15 is 0 Å². The summed E-state index contributed by atoms with van der Waals surface area (Å²) >= 11 is 0. The molecule has 0 radical (unpaired) electrons. The van der Waals surface area contributed by atoms with Gasteiger partial charge in [-0.2, -0.15) is 0 Å². The molecule has 2 aromatic carbocycles. The minimum Gasteiger partial charge on any atom is -0.383 e. The van der Waals surface area contributed by atoms with E-state index in [0.29, 0.717) is 24.4 Å². The molecule has 0 heterocycles. The third-order valence-electron chi connectivity index (χ3n) is 3.72. The van der Waals surface area contributed by atoms with Gasteiger partial charge in [0.2, 0.25) is 5.91 Å². The molecule has 0 unspecified atom stereocenters. The Balaban J connectivity index is 1.74. The van der Waals surface area contributed by atoms with Crippen LogP contribution in [0.1, 0.15) is 15.9 Å². The Kier molecular flexibility index (Phi) is 8.32. The molecule has 138 valence electrons. The van der Waals surface area contributed by atoms with Gasteiger partial charge in [-0.05, 0) is 36.7 Å². The molecule has 0 saturated heterocycles. The number of nitrogens with one attached hydrogen (secondary N) is 3. The van der Waals surface area contributed by atoms with Crippen LogP contribution in [0, 0.1) is 0 Å². The van der Waals surface area contributed by atoms with Crippen LogP contribution >= 0.6 is 0 Å². The van der Waals surface area contributed by atoms with E-state index in [4.69, 9.17) is 4.74 Å². The normalized spacial score (nSPS) is 10.3. The quantitative estimate of drug-likeness (QED) is 0.568. The van der Waals surface area contributed by atoms with Gasteiger partial charge in [-0.25, -0.2) is 0 Å². The fourth-order valence-electron chi connectivity index (χ4n) is 2.39. The van der Waals surface area contributed by atoms with Crippen LogP contribution in [0.5, 0.6) is 0 Å². The highest BCUT2D eigenvalue weighted by molar-refractivity contribution is 5.97. The van der Waals surface area contributed by atoms with E-state index in [1.807, 2.05) is 18.2 Å². The van der Waals surface area contributed by atoms with E-state index in [1.165, 1.54) is 5.56 Å². The molecule has 0 aliphatic rings. The van der Waals surface area contributed by atoms with Crippen molar-refractivity contribution in [2.75, 3.05) is 38.7 Å². The number of methoxy groups -OCH3 is 1. The third-order valence-corrected chi connectivity index (χ3v) is 3.72. The fraction of sp³-hybridized carbons (Fsp3) is 0.300. The van der Waals surface area contributed by atoms with Gasteiger partial charge >= 0.3 is 0 Å². The second kappa shape index (κ2) is 11.0. The zero-order valence-corrected chi connectivity index (χ0v) is 15.0. The highest BCUT2D eigenvalue weighted by Crippen LogP contribution is 2.10. The van der Waals surface area contributed by atoms with Crippen LogP contribution in [-0.4, -0.2) is 45.2 Å². The molecule has 6 nitrogen and oxygen atoms in total. The summed E-state index contributed by atoms with van der Waals surface area (Å²) in [7, 11) is 1.58. The Bertz CT molecular complexity index is 704. The zero-order chi connectivity index (χ0) is 18.6. The predicted octanol–water partition coefficient (Wildman–Crippen LogP) is 1.83. The number of benzene rings is 2. The second-order valence-electron chi connectivity index (χ2n) is 5.79. The van der Waals surface area contributed by atoms with E-state index in [0.717, 1.165) is 13.0 Å². The maximum Gasteiger partial charge on any atom is 0.251 e. The predicted molar refractivity (Wildman–Crippen MR) is 102 cm³/mol. The van der Waals surface area contributed by atoms with Gasteiger partial charge in [-0.1, -0.05) is 36.4 Å². The summed E-state index contributed by atoms with van der Waals surface area (Å²) in [6.45, 7) is 1.84. The van der Waals surface area contributed by atoms with Crippen LogP contribution in [-0.2, 0) is 16.0 Å². The van der Waals surface area contributed by atoms with Crippen molar-refractivity contribution in [3.05, 3.63) is 65.7 Å². The van der Waals surface area contributed by atoms with Crippen molar-refractivity contribution in [2.45, 2.75) is 6.42 Å². The summed E-state index contributed by atoms with van der Waals surface area (Å²) in [6.07, 6.45) is 0.866. The maximum atomic E-state index is 12.0. The van der Waals surface area contributed by atoms with Crippen molar-refractivity contribution in [2.24, 2.45) is 0 Å². The third kappa shape index (κ3) is 7.04. The Morgan fingerprint density at radius 3 is 2.58 bits per heavy atom. The van der Waals surface area contributed by atoms with Crippen molar-refractivity contribution in [3.63, 3.8) is 0 Å². The lowest BCUT2D eigenvalue weighted by atomic mass is 10.1. The van der Waals surface area contributed by atoms with E-state index in [1.54, 1.807) is 31.4 Å². The van der Waals surface area contributed by atoms with Crippen molar-refractivity contribution < 1.29 is 14.3 Å². The number of rotatable bonds is 10. The van der Waals surface area contributed by atoms with Gasteiger partial charge in [0.05, 0.1) is 13.2 Å². The number of anilines is 1. The van der Waals surface area contributed by atoms with E-state index < -0.39 is 0 Å². The lowest BCUT2D eigenvalue weighted by molar-refractivity contribution is -0.115. The van der Waals surface area contributed by atoms with Crippen LogP contribution < -0.4 is 16.0 Å². The number of carbonyl (C=O) groups is 2. The molecule has 2 amide bonds. The van der Waals surface area contributed by atoms with Crippen molar-refractivity contribution in [3.8, 4) is 0 Å².